The van der Waals surface area contributed by atoms with Gasteiger partial charge < -0.3 is 24.8 Å². The van der Waals surface area contributed by atoms with E-state index in [0.29, 0.717) is 24.3 Å². The number of carbonyl (C=O) groups is 2. The quantitative estimate of drug-likeness (QED) is 0.320. The Morgan fingerprint density at radius 2 is 1.59 bits per heavy atom. The topological polar surface area (TPSA) is 113 Å². The molecule has 0 radical (unpaired) electrons. The van der Waals surface area contributed by atoms with E-state index in [0.717, 1.165) is 44.9 Å². The van der Waals surface area contributed by atoms with Crippen LogP contribution in [0.1, 0.15) is 91.9 Å². The third kappa shape index (κ3) is 3.51. The average Bonchev–Trinajstić information content (AvgIpc) is 3.52. The van der Waals surface area contributed by atoms with Gasteiger partial charge in [-0.3, -0.25) is 9.59 Å². The van der Waals surface area contributed by atoms with Crippen molar-refractivity contribution in [2.24, 2.45) is 50.7 Å². The lowest BCUT2D eigenvalue weighted by atomic mass is 9.41. The minimum absolute atomic E-state index is 0.0128. The Labute approximate surface area is 233 Å². The number of fused-ring (bicyclic) bond motifs is 2. The van der Waals surface area contributed by atoms with Crippen LogP contribution in [0.15, 0.2) is 12.2 Å². The molecule has 0 heterocycles. The molecule has 39 heavy (non-hydrogen) atoms. The van der Waals surface area contributed by atoms with Gasteiger partial charge in [-0.25, -0.2) is 0 Å². The van der Waals surface area contributed by atoms with Gasteiger partial charge in [0.25, 0.3) is 0 Å². The smallest absolute Gasteiger partial charge is 0.314 e. The molecule has 2 spiro atoms. The van der Waals surface area contributed by atoms with Gasteiger partial charge in [-0.05, 0) is 106 Å². The molecule has 5 rings (SSSR count). The third-order valence-electron chi connectivity index (χ3n) is 13.8. The zero-order valence-electron chi connectivity index (χ0n) is 24.8. The predicted octanol–water partition coefficient (Wildman–Crippen LogP) is 4.42. The van der Waals surface area contributed by atoms with Gasteiger partial charge in [0, 0.05) is 11.8 Å². The Hall–Kier alpha value is -1.44. The first-order valence-corrected chi connectivity index (χ1v) is 15.1. The fourth-order valence-corrected chi connectivity index (χ4v) is 11.5. The minimum atomic E-state index is -1.01. The van der Waals surface area contributed by atoms with Crippen LogP contribution in [0.5, 0.6) is 0 Å². The van der Waals surface area contributed by atoms with Gasteiger partial charge in [0.1, 0.15) is 0 Å². The Morgan fingerprint density at radius 3 is 2.21 bits per heavy atom. The molecule has 0 aromatic carbocycles. The molecule has 0 aromatic rings. The standard InChI is InChI=1S/C32H50O7/c1-18(2)21(33)9-8-19(26(36)38-6)20-12-13-29(4)22-10-11-23-30(5,27(37)39-7)24(34)16-25(35)32(23)17-31(22,32)15-14-28(20,29)3/h19-25,33-35H,1,8-17H2,2-7H3/t19-,20-,21+,22+,23+,24+,25+,28-,29+,30+,31+,32-/m1/s1. The highest BCUT2D eigenvalue weighted by Gasteiger charge is 2.85. The summed E-state index contributed by atoms with van der Waals surface area (Å²) in [5, 5.41) is 33.1. The molecule has 5 saturated carbocycles. The predicted molar refractivity (Wildman–Crippen MR) is 146 cm³/mol. The van der Waals surface area contributed by atoms with E-state index in [1.54, 1.807) is 0 Å². The highest BCUT2D eigenvalue weighted by Crippen LogP contribution is 2.89. The van der Waals surface area contributed by atoms with Crippen molar-refractivity contribution in [2.75, 3.05) is 14.2 Å². The van der Waals surface area contributed by atoms with E-state index in [-0.39, 0.29) is 57.8 Å². The van der Waals surface area contributed by atoms with Crippen molar-refractivity contribution in [3.05, 3.63) is 12.2 Å². The van der Waals surface area contributed by atoms with Crippen molar-refractivity contribution in [3.63, 3.8) is 0 Å². The van der Waals surface area contributed by atoms with Gasteiger partial charge in [0.15, 0.2) is 0 Å². The Balaban J connectivity index is 1.47. The number of rotatable bonds is 7. The van der Waals surface area contributed by atoms with E-state index in [9.17, 15) is 24.9 Å². The lowest BCUT2D eigenvalue weighted by molar-refractivity contribution is -0.212. The van der Waals surface area contributed by atoms with Crippen molar-refractivity contribution >= 4 is 11.9 Å². The van der Waals surface area contributed by atoms with Crippen LogP contribution >= 0.6 is 0 Å². The molecule has 5 aliphatic rings. The van der Waals surface area contributed by atoms with Crippen LogP contribution in [-0.2, 0) is 19.1 Å². The fourth-order valence-electron chi connectivity index (χ4n) is 11.5. The van der Waals surface area contributed by atoms with Crippen molar-refractivity contribution in [3.8, 4) is 0 Å². The molecule has 5 fully saturated rings. The highest BCUT2D eigenvalue weighted by molar-refractivity contribution is 5.78. The summed E-state index contributed by atoms with van der Waals surface area (Å²) in [6.45, 7) is 12.4. The van der Waals surface area contributed by atoms with Gasteiger partial charge in [0.05, 0.1) is 43.9 Å². The number of aliphatic hydroxyl groups is 3. The molecule has 220 valence electrons. The number of aliphatic hydroxyl groups excluding tert-OH is 3. The molecule has 0 unspecified atom stereocenters. The second-order valence-corrected chi connectivity index (χ2v) is 14.6. The number of esters is 2. The molecule has 0 aromatic heterocycles. The highest BCUT2D eigenvalue weighted by atomic mass is 16.5. The van der Waals surface area contributed by atoms with Gasteiger partial charge in [-0.1, -0.05) is 26.0 Å². The first-order chi connectivity index (χ1) is 18.2. The molecule has 0 bridgehead atoms. The van der Waals surface area contributed by atoms with Crippen LogP contribution < -0.4 is 0 Å². The summed E-state index contributed by atoms with van der Waals surface area (Å²) in [4.78, 5) is 26.3. The summed E-state index contributed by atoms with van der Waals surface area (Å²) in [6.07, 6.45) is 5.64. The van der Waals surface area contributed by atoms with Crippen LogP contribution in [0.25, 0.3) is 0 Å². The van der Waals surface area contributed by atoms with Gasteiger partial charge >= 0.3 is 11.9 Å². The Kier molecular flexibility index (Phi) is 6.92. The number of ether oxygens (including phenoxy) is 2. The zero-order chi connectivity index (χ0) is 28.8. The molecule has 3 N–H and O–H groups in total. The van der Waals surface area contributed by atoms with E-state index in [4.69, 9.17) is 9.47 Å². The normalized spacial score (nSPS) is 49.4. The summed E-state index contributed by atoms with van der Waals surface area (Å²) in [5.74, 6) is -0.378. The Morgan fingerprint density at radius 1 is 0.923 bits per heavy atom. The first kappa shape index (κ1) is 29.1. The summed E-state index contributed by atoms with van der Waals surface area (Å²) in [7, 11) is 2.86. The maximum Gasteiger partial charge on any atom is 0.314 e. The summed E-state index contributed by atoms with van der Waals surface area (Å²) in [5.41, 5.74) is -0.800. The van der Waals surface area contributed by atoms with E-state index in [2.05, 4.69) is 20.4 Å². The molecule has 7 heteroatoms. The second kappa shape index (κ2) is 9.29. The van der Waals surface area contributed by atoms with E-state index >= 15 is 0 Å². The monoisotopic (exact) mass is 546 g/mol. The molecule has 0 amide bonds. The van der Waals surface area contributed by atoms with Crippen molar-refractivity contribution in [1.29, 1.82) is 0 Å². The molecule has 0 aliphatic heterocycles. The first-order valence-electron chi connectivity index (χ1n) is 15.1. The van der Waals surface area contributed by atoms with Gasteiger partial charge in [-0.2, -0.15) is 0 Å². The maximum atomic E-state index is 13.2. The molecular weight excluding hydrogens is 496 g/mol. The maximum absolute atomic E-state index is 13.2. The van der Waals surface area contributed by atoms with Gasteiger partial charge in [-0.15, -0.1) is 0 Å². The number of hydrogen-bond acceptors (Lipinski definition) is 7. The van der Waals surface area contributed by atoms with Crippen LogP contribution in [0.4, 0.5) is 0 Å². The molecule has 7 nitrogen and oxygen atoms in total. The number of carbonyl (C=O) groups excluding carboxylic acids is 2. The van der Waals surface area contributed by atoms with Gasteiger partial charge in [0.2, 0.25) is 0 Å². The van der Waals surface area contributed by atoms with Crippen molar-refractivity contribution in [2.45, 2.75) is 110 Å². The summed E-state index contributed by atoms with van der Waals surface area (Å²) >= 11 is 0. The fraction of sp³-hybridized carbons (Fsp3) is 0.875. The molecular formula is C32H50O7. The average molecular weight is 547 g/mol. The Bertz CT molecular complexity index is 1040. The number of methoxy groups -OCH3 is 2. The van der Waals surface area contributed by atoms with E-state index < -0.39 is 23.7 Å². The van der Waals surface area contributed by atoms with Crippen LogP contribution in [0.2, 0.25) is 0 Å². The second-order valence-electron chi connectivity index (χ2n) is 14.6. The van der Waals surface area contributed by atoms with Crippen molar-refractivity contribution < 1.29 is 34.4 Å². The third-order valence-corrected chi connectivity index (χ3v) is 13.8. The lowest BCUT2D eigenvalue weighted by Crippen LogP contribution is -2.63. The van der Waals surface area contributed by atoms with Crippen molar-refractivity contribution in [1.82, 2.24) is 0 Å². The number of hydrogen-bond donors (Lipinski definition) is 3. The largest absolute Gasteiger partial charge is 0.469 e. The van der Waals surface area contributed by atoms with Crippen LogP contribution in [0, 0.1) is 50.7 Å². The zero-order valence-corrected chi connectivity index (χ0v) is 24.8. The molecule has 12 atom stereocenters. The van der Waals surface area contributed by atoms with Crippen LogP contribution in [-0.4, -0.2) is 59.8 Å². The molecule has 0 saturated heterocycles. The van der Waals surface area contributed by atoms with Crippen LogP contribution in [0.3, 0.4) is 0 Å². The van der Waals surface area contributed by atoms with E-state index in [1.807, 2.05) is 13.8 Å². The minimum Gasteiger partial charge on any atom is -0.469 e. The molecule has 5 aliphatic carbocycles. The summed E-state index contributed by atoms with van der Waals surface area (Å²) in [6, 6.07) is 0. The van der Waals surface area contributed by atoms with E-state index in [1.165, 1.54) is 14.2 Å². The SMILES string of the molecule is C=C(C)[C@@H](O)CC[C@@H](C(=O)OC)[C@H]1CC[C@@]2(C)[C@@H]3CC[C@H]4[C@](C)(C(=O)OC)[C@@H](O)C[C@H](O)[C@@]45C[C@@]35CC[C@]12C. The summed E-state index contributed by atoms with van der Waals surface area (Å²) < 4.78 is 10.5. The lowest BCUT2D eigenvalue weighted by Gasteiger charge is -2.63.